The van der Waals surface area contributed by atoms with Crippen LogP contribution in [0.1, 0.15) is 23.7 Å². The normalized spacial score (nSPS) is 11.2. The second-order valence-electron chi connectivity index (χ2n) is 2.77. The molecular formula is C9H6ClF3N2. The van der Waals surface area contributed by atoms with Crippen LogP contribution in [0.5, 0.6) is 0 Å². The standard InChI is InChI=1S/C9H6ClF3N2/c1-2-7-8(10)5(3-14)6(4-15-7)9(11,12)13/h4H,2H2,1H3. The van der Waals surface area contributed by atoms with Gasteiger partial charge < -0.3 is 0 Å². The first-order valence-electron chi connectivity index (χ1n) is 4.06. The molecule has 0 saturated heterocycles. The quantitative estimate of drug-likeness (QED) is 0.748. The van der Waals surface area contributed by atoms with Crippen LogP contribution >= 0.6 is 11.6 Å². The van der Waals surface area contributed by atoms with Gasteiger partial charge in [-0.15, -0.1) is 0 Å². The third kappa shape index (κ3) is 2.21. The van der Waals surface area contributed by atoms with Crippen molar-refractivity contribution >= 4 is 11.6 Å². The Labute approximate surface area is 89.3 Å². The van der Waals surface area contributed by atoms with Crippen molar-refractivity contribution in [2.24, 2.45) is 0 Å². The average Bonchev–Trinajstić information content (AvgIpc) is 2.15. The van der Waals surface area contributed by atoms with E-state index in [1.807, 2.05) is 0 Å². The smallest absolute Gasteiger partial charge is 0.259 e. The summed E-state index contributed by atoms with van der Waals surface area (Å²) < 4.78 is 37.2. The molecule has 0 fully saturated rings. The highest BCUT2D eigenvalue weighted by molar-refractivity contribution is 6.32. The van der Waals surface area contributed by atoms with E-state index in [1.54, 1.807) is 6.92 Å². The summed E-state index contributed by atoms with van der Waals surface area (Å²) in [7, 11) is 0. The van der Waals surface area contributed by atoms with Gasteiger partial charge in [0.15, 0.2) is 0 Å². The van der Waals surface area contributed by atoms with Crippen LogP contribution < -0.4 is 0 Å². The van der Waals surface area contributed by atoms with Crippen molar-refractivity contribution < 1.29 is 13.2 Å². The minimum absolute atomic E-state index is 0.213. The summed E-state index contributed by atoms with van der Waals surface area (Å²) in [5, 5.41) is 8.41. The Morgan fingerprint density at radius 1 is 1.53 bits per heavy atom. The first kappa shape index (κ1) is 11.8. The van der Waals surface area contributed by atoms with Crippen molar-refractivity contribution in [3.8, 4) is 6.07 Å². The predicted octanol–water partition coefficient (Wildman–Crippen LogP) is 3.19. The molecule has 15 heavy (non-hydrogen) atoms. The van der Waals surface area contributed by atoms with E-state index in [4.69, 9.17) is 16.9 Å². The molecule has 1 heterocycles. The van der Waals surface area contributed by atoms with Gasteiger partial charge in [-0.1, -0.05) is 18.5 Å². The lowest BCUT2D eigenvalue weighted by molar-refractivity contribution is -0.138. The SMILES string of the molecule is CCc1ncc(C(F)(F)F)c(C#N)c1Cl. The highest BCUT2D eigenvalue weighted by Crippen LogP contribution is 2.35. The second kappa shape index (κ2) is 4.07. The van der Waals surface area contributed by atoms with Gasteiger partial charge in [0.2, 0.25) is 0 Å². The Balaban J connectivity index is 3.47. The number of nitrogens with zero attached hydrogens (tertiary/aromatic N) is 2. The number of hydrogen-bond donors (Lipinski definition) is 0. The molecule has 2 nitrogen and oxygen atoms in total. The Morgan fingerprint density at radius 2 is 2.13 bits per heavy atom. The number of hydrogen-bond acceptors (Lipinski definition) is 2. The van der Waals surface area contributed by atoms with Crippen molar-refractivity contribution in [1.82, 2.24) is 4.98 Å². The maximum Gasteiger partial charge on any atom is 0.419 e. The van der Waals surface area contributed by atoms with Gasteiger partial charge in [0.1, 0.15) is 6.07 Å². The van der Waals surface area contributed by atoms with Gasteiger partial charge in [0, 0.05) is 6.20 Å². The summed E-state index contributed by atoms with van der Waals surface area (Å²) in [6, 6.07) is 1.45. The Hall–Kier alpha value is -1.28. The molecule has 1 rings (SSSR count). The fourth-order valence-electron chi connectivity index (χ4n) is 1.10. The highest BCUT2D eigenvalue weighted by Gasteiger charge is 2.35. The Morgan fingerprint density at radius 3 is 2.53 bits per heavy atom. The molecule has 80 valence electrons. The summed E-state index contributed by atoms with van der Waals surface area (Å²) in [6.07, 6.45) is -3.58. The minimum atomic E-state index is -4.60. The molecule has 0 atom stereocenters. The Kier molecular flexibility index (Phi) is 3.20. The van der Waals surface area contributed by atoms with E-state index in [0.717, 1.165) is 0 Å². The number of nitriles is 1. The minimum Gasteiger partial charge on any atom is -0.259 e. The molecule has 0 aliphatic carbocycles. The fourth-order valence-corrected chi connectivity index (χ4v) is 1.42. The molecule has 6 heteroatoms. The molecule has 0 saturated carbocycles. The summed E-state index contributed by atoms with van der Waals surface area (Å²) in [4.78, 5) is 3.57. The molecule has 0 radical (unpaired) electrons. The number of rotatable bonds is 1. The lowest BCUT2D eigenvalue weighted by Gasteiger charge is -2.10. The van der Waals surface area contributed by atoms with Crippen molar-refractivity contribution in [3.05, 3.63) is 28.0 Å². The second-order valence-corrected chi connectivity index (χ2v) is 3.15. The molecule has 0 unspecified atom stereocenters. The number of pyridine rings is 1. The largest absolute Gasteiger partial charge is 0.419 e. The molecule has 0 spiro atoms. The fraction of sp³-hybridized carbons (Fsp3) is 0.333. The van der Waals surface area contributed by atoms with E-state index in [2.05, 4.69) is 4.98 Å². The van der Waals surface area contributed by atoms with E-state index in [-0.39, 0.29) is 5.02 Å². The van der Waals surface area contributed by atoms with Crippen LogP contribution in [0.25, 0.3) is 0 Å². The molecule has 0 aliphatic rings. The third-order valence-corrected chi connectivity index (χ3v) is 2.25. The number of aryl methyl sites for hydroxylation is 1. The van der Waals surface area contributed by atoms with Gasteiger partial charge in [0.25, 0.3) is 0 Å². The van der Waals surface area contributed by atoms with Crippen LogP contribution in [-0.2, 0) is 12.6 Å². The zero-order valence-corrected chi connectivity index (χ0v) is 8.45. The van der Waals surface area contributed by atoms with E-state index < -0.39 is 17.3 Å². The van der Waals surface area contributed by atoms with Crippen LogP contribution in [-0.4, -0.2) is 4.98 Å². The van der Waals surface area contributed by atoms with Gasteiger partial charge in [-0.2, -0.15) is 18.4 Å². The first-order chi connectivity index (χ1) is 6.91. The van der Waals surface area contributed by atoms with E-state index >= 15 is 0 Å². The number of alkyl halides is 3. The van der Waals surface area contributed by atoms with Gasteiger partial charge in [-0.25, -0.2) is 0 Å². The van der Waals surface area contributed by atoms with Crippen molar-refractivity contribution in [1.29, 1.82) is 5.26 Å². The third-order valence-electron chi connectivity index (χ3n) is 1.84. The number of aromatic nitrogens is 1. The lowest BCUT2D eigenvalue weighted by atomic mass is 10.1. The van der Waals surface area contributed by atoms with Crippen LogP contribution in [0, 0.1) is 11.3 Å². The van der Waals surface area contributed by atoms with Gasteiger partial charge in [-0.05, 0) is 6.42 Å². The Bertz CT molecular complexity index is 421. The zero-order chi connectivity index (χ0) is 11.6. The topological polar surface area (TPSA) is 36.7 Å². The van der Waals surface area contributed by atoms with Gasteiger partial charge in [-0.3, -0.25) is 4.98 Å². The molecule has 0 amide bonds. The zero-order valence-electron chi connectivity index (χ0n) is 7.69. The molecule has 0 aromatic carbocycles. The maximum atomic E-state index is 12.4. The number of halogens is 4. The first-order valence-corrected chi connectivity index (χ1v) is 4.44. The predicted molar refractivity (Wildman–Crippen MR) is 48.3 cm³/mol. The summed E-state index contributed by atoms with van der Waals surface area (Å²) in [5.41, 5.74) is -1.36. The molecule has 0 aliphatic heterocycles. The summed E-state index contributed by atoms with van der Waals surface area (Å²) in [5.74, 6) is 0. The van der Waals surface area contributed by atoms with Gasteiger partial charge in [0.05, 0.1) is 21.8 Å². The van der Waals surface area contributed by atoms with Crippen molar-refractivity contribution in [3.63, 3.8) is 0 Å². The van der Waals surface area contributed by atoms with E-state index in [1.165, 1.54) is 6.07 Å². The monoisotopic (exact) mass is 234 g/mol. The molecule has 1 aromatic heterocycles. The van der Waals surface area contributed by atoms with Crippen molar-refractivity contribution in [2.45, 2.75) is 19.5 Å². The summed E-state index contributed by atoms with van der Waals surface area (Å²) in [6.45, 7) is 1.70. The molecule has 0 bridgehead atoms. The molecular weight excluding hydrogens is 229 g/mol. The molecule has 1 aromatic rings. The van der Waals surface area contributed by atoms with Crippen LogP contribution in [0.2, 0.25) is 5.02 Å². The maximum absolute atomic E-state index is 12.4. The lowest BCUT2D eigenvalue weighted by Crippen LogP contribution is -2.10. The van der Waals surface area contributed by atoms with E-state index in [0.29, 0.717) is 18.3 Å². The van der Waals surface area contributed by atoms with Crippen LogP contribution in [0.3, 0.4) is 0 Å². The van der Waals surface area contributed by atoms with Gasteiger partial charge >= 0.3 is 6.18 Å². The van der Waals surface area contributed by atoms with Crippen LogP contribution in [0.15, 0.2) is 6.20 Å². The average molecular weight is 235 g/mol. The van der Waals surface area contributed by atoms with Crippen molar-refractivity contribution in [2.75, 3.05) is 0 Å². The summed E-state index contributed by atoms with van der Waals surface area (Å²) >= 11 is 5.64. The van der Waals surface area contributed by atoms with E-state index in [9.17, 15) is 13.2 Å². The molecule has 0 N–H and O–H groups in total. The van der Waals surface area contributed by atoms with Crippen LogP contribution in [0.4, 0.5) is 13.2 Å². The highest BCUT2D eigenvalue weighted by atomic mass is 35.5.